The molecule has 160 valence electrons. The highest BCUT2D eigenvalue weighted by molar-refractivity contribution is 7.98. The molecule has 2 aliphatic heterocycles. The van der Waals surface area contributed by atoms with Crippen LogP contribution in [0.3, 0.4) is 0 Å². The highest BCUT2D eigenvalue weighted by atomic mass is 32.2. The average molecular weight is 426 g/mol. The molecule has 2 heterocycles. The van der Waals surface area contributed by atoms with Crippen LogP contribution >= 0.6 is 11.8 Å². The summed E-state index contributed by atoms with van der Waals surface area (Å²) in [6.45, 7) is 6.83. The second-order valence-electron chi connectivity index (χ2n) is 8.19. The summed E-state index contributed by atoms with van der Waals surface area (Å²) in [6.07, 6.45) is 3.10. The van der Waals surface area contributed by atoms with E-state index in [0.29, 0.717) is 13.1 Å². The number of ether oxygens (including phenoxy) is 1. The lowest BCUT2D eigenvalue weighted by atomic mass is 10.1. The molecule has 1 fully saturated rings. The number of carbonyl (C=O) groups excluding carboxylic acids is 1. The Labute approximate surface area is 184 Å². The van der Waals surface area contributed by atoms with Crippen LogP contribution in [0.15, 0.2) is 47.4 Å². The van der Waals surface area contributed by atoms with E-state index < -0.39 is 0 Å². The number of benzene rings is 2. The van der Waals surface area contributed by atoms with Crippen molar-refractivity contribution >= 4 is 17.7 Å². The molecule has 0 radical (unpaired) electrons. The van der Waals surface area contributed by atoms with Crippen molar-refractivity contribution in [2.45, 2.75) is 24.4 Å². The van der Waals surface area contributed by atoms with Crippen molar-refractivity contribution in [2.24, 2.45) is 0 Å². The van der Waals surface area contributed by atoms with E-state index >= 15 is 0 Å². The van der Waals surface area contributed by atoms with Crippen molar-refractivity contribution in [2.75, 3.05) is 52.6 Å². The van der Waals surface area contributed by atoms with Gasteiger partial charge in [0, 0.05) is 57.6 Å². The topological polar surface area (TPSA) is 36.0 Å². The SMILES string of the molecule is CSc1ccc(CN(C)C(=O)CN2CCN(Cc3ccc4c(c3)CCO4)CC2)cc1. The number of likely N-dealkylation sites (N-methyl/N-ethyl adjacent to an activating group) is 1. The number of hydrogen-bond donors (Lipinski definition) is 0. The van der Waals surface area contributed by atoms with Crippen LogP contribution in [0.4, 0.5) is 0 Å². The van der Waals surface area contributed by atoms with Gasteiger partial charge in [0.05, 0.1) is 13.2 Å². The van der Waals surface area contributed by atoms with E-state index in [1.807, 2.05) is 11.9 Å². The Morgan fingerprint density at radius 2 is 1.73 bits per heavy atom. The normalized spacial score (nSPS) is 16.9. The summed E-state index contributed by atoms with van der Waals surface area (Å²) in [5.41, 5.74) is 3.87. The molecule has 2 aliphatic rings. The van der Waals surface area contributed by atoms with Crippen molar-refractivity contribution in [3.8, 4) is 5.75 Å². The fourth-order valence-corrected chi connectivity index (χ4v) is 4.52. The van der Waals surface area contributed by atoms with E-state index in [-0.39, 0.29) is 5.91 Å². The molecule has 30 heavy (non-hydrogen) atoms. The van der Waals surface area contributed by atoms with E-state index in [1.54, 1.807) is 11.8 Å². The lowest BCUT2D eigenvalue weighted by Crippen LogP contribution is -2.49. The van der Waals surface area contributed by atoms with Gasteiger partial charge < -0.3 is 9.64 Å². The molecule has 0 aliphatic carbocycles. The first kappa shape index (κ1) is 21.2. The number of fused-ring (bicyclic) bond motifs is 1. The molecule has 6 heteroatoms. The first-order valence-corrected chi connectivity index (χ1v) is 11.9. The van der Waals surface area contributed by atoms with Crippen molar-refractivity contribution in [3.63, 3.8) is 0 Å². The zero-order valence-corrected chi connectivity index (χ0v) is 18.8. The largest absolute Gasteiger partial charge is 0.493 e. The molecule has 2 aromatic carbocycles. The molecule has 2 aromatic rings. The maximum Gasteiger partial charge on any atom is 0.236 e. The summed E-state index contributed by atoms with van der Waals surface area (Å²) in [5.74, 6) is 1.24. The molecule has 5 nitrogen and oxygen atoms in total. The number of hydrogen-bond acceptors (Lipinski definition) is 5. The molecule has 1 amide bonds. The zero-order chi connectivity index (χ0) is 20.9. The molecule has 0 bridgehead atoms. The molecule has 4 rings (SSSR count). The molecule has 0 saturated carbocycles. The highest BCUT2D eigenvalue weighted by Crippen LogP contribution is 2.26. The summed E-state index contributed by atoms with van der Waals surface area (Å²) in [4.78, 5) is 20.5. The van der Waals surface area contributed by atoms with Gasteiger partial charge in [-0.25, -0.2) is 0 Å². The number of piperazine rings is 1. The Hall–Kier alpha value is -2.02. The van der Waals surface area contributed by atoms with Crippen molar-refractivity contribution in [1.29, 1.82) is 0 Å². The third-order valence-electron chi connectivity index (χ3n) is 5.99. The van der Waals surface area contributed by atoms with E-state index in [1.165, 1.54) is 21.6 Å². The standard InChI is InChI=1S/C24H31N3O2S/c1-25(16-19-3-6-22(30-2)7-4-19)24(28)18-27-12-10-26(11-13-27)17-20-5-8-23-21(15-20)9-14-29-23/h3-8,15H,9-14,16-18H2,1-2H3. The van der Waals surface area contributed by atoms with Crippen LogP contribution in [-0.4, -0.2) is 73.2 Å². The molecule has 0 N–H and O–H groups in total. The second kappa shape index (κ2) is 9.86. The van der Waals surface area contributed by atoms with Gasteiger partial charge in [-0.1, -0.05) is 24.3 Å². The number of thioether (sulfide) groups is 1. The Balaban J connectivity index is 1.21. The van der Waals surface area contributed by atoms with Gasteiger partial charge in [-0.15, -0.1) is 11.8 Å². The minimum atomic E-state index is 0.191. The molecular formula is C24H31N3O2S. The van der Waals surface area contributed by atoms with Gasteiger partial charge in [-0.05, 0) is 41.1 Å². The van der Waals surface area contributed by atoms with Crippen LogP contribution in [0, 0.1) is 0 Å². The number of carbonyl (C=O) groups is 1. The summed E-state index contributed by atoms with van der Waals surface area (Å²) in [5, 5.41) is 0. The Bertz CT molecular complexity index is 863. The minimum absolute atomic E-state index is 0.191. The number of nitrogens with zero attached hydrogens (tertiary/aromatic N) is 3. The predicted octanol–water partition coefficient (Wildman–Crippen LogP) is 3.12. The molecule has 0 unspecified atom stereocenters. The Kier molecular flexibility index (Phi) is 6.97. The maximum atomic E-state index is 12.7. The zero-order valence-electron chi connectivity index (χ0n) is 18.0. The Morgan fingerprint density at radius 1 is 1.03 bits per heavy atom. The summed E-state index contributed by atoms with van der Waals surface area (Å²) >= 11 is 1.73. The fraction of sp³-hybridized carbons (Fsp3) is 0.458. The van der Waals surface area contributed by atoms with E-state index in [0.717, 1.165) is 51.5 Å². The van der Waals surface area contributed by atoms with E-state index in [2.05, 4.69) is 58.5 Å². The van der Waals surface area contributed by atoms with Gasteiger partial charge in [-0.2, -0.15) is 0 Å². The Morgan fingerprint density at radius 3 is 2.47 bits per heavy atom. The monoisotopic (exact) mass is 425 g/mol. The van der Waals surface area contributed by atoms with Crippen LogP contribution in [0.5, 0.6) is 5.75 Å². The molecule has 0 aromatic heterocycles. The lowest BCUT2D eigenvalue weighted by Gasteiger charge is -2.35. The van der Waals surface area contributed by atoms with Crippen molar-refractivity contribution in [1.82, 2.24) is 14.7 Å². The predicted molar refractivity (Wildman–Crippen MR) is 122 cm³/mol. The van der Waals surface area contributed by atoms with Gasteiger partial charge in [0.2, 0.25) is 5.91 Å². The summed E-state index contributed by atoms with van der Waals surface area (Å²) < 4.78 is 5.60. The van der Waals surface area contributed by atoms with E-state index in [4.69, 9.17) is 4.74 Å². The highest BCUT2D eigenvalue weighted by Gasteiger charge is 2.21. The fourth-order valence-electron chi connectivity index (χ4n) is 4.11. The van der Waals surface area contributed by atoms with Crippen molar-refractivity contribution < 1.29 is 9.53 Å². The van der Waals surface area contributed by atoms with Crippen LogP contribution in [-0.2, 0) is 24.3 Å². The first-order chi connectivity index (χ1) is 14.6. The molecular weight excluding hydrogens is 394 g/mol. The minimum Gasteiger partial charge on any atom is -0.493 e. The van der Waals surface area contributed by atoms with Crippen LogP contribution in [0.25, 0.3) is 0 Å². The van der Waals surface area contributed by atoms with Gasteiger partial charge in [-0.3, -0.25) is 14.6 Å². The second-order valence-corrected chi connectivity index (χ2v) is 9.07. The van der Waals surface area contributed by atoms with Gasteiger partial charge in [0.25, 0.3) is 0 Å². The van der Waals surface area contributed by atoms with Crippen LogP contribution < -0.4 is 4.74 Å². The van der Waals surface area contributed by atoms with Gasteiger partial charge >= 0.3 is 0 Å². The molecule has 1 saturated heterocycles. The van der Waals surface area contributed by atoms with Crippen LogP contribution in [0.1, 0.15) is 16.7 Å². The third-order valence-corrected chi connectivity index (χ3v) is 6.73. The van der Waals surface area contributed by atoms with Crippen molar-refractivity contribution in [3.05, 3.63) is 59.2 Å². The number of rotatable bonds is 7. The lowest BCUT2D eigenvalue weighted by molar-refractivity contribution is -0.132. The number of amides is 1. The molecule has 0 atom stereocenters. The van der Waals surface area contributed by atoms with E-state index in [9.17, 15) is 4.79 Å². The first-order valence-electron chi connectivity index (χ1n) is 10.7. The van der Waals surface area contributed by atoms with Crippen LogP contribution in [0.2, 0.25) is 0 Å². The smallest absolute Gasteiger partial charge is 0.236 e. The van der Waals surface area contributed by atoms with Gasteiger partial charge in [0.15, 0.2) is 0 Å². The average Bonchev–Trinajstić information content (AvgIpc) is 3.23. The van der Waals surface area contributed by atoms with Gasteiger partial charge in [0.1, 0.15) is 5.75 Å². The molecule has 0 spiro atoms. The maximum absolute atomic E-state index is 12.7. The summed E-state index contributed by atoms with van der Waals surface area (Å²) in [6, 6.07) is 15.0. The quantitative estimate of drug-likeness (QED) is 0.637. The third kappa shape index (κ3) is 5.36. The summed E-state index contributed by atoms with van der Waals surface area (Å²) in [7, 11) is 1.90.